The lowest BCUT2D eigenvalue weighted by Gasteiger charge is -2.16. The highest BCUT2D eigenvalue weighted by Gasteiger charge is 2.15. The van der Waals surface area contributed by atoms with Gasteiger partial charge in [0.1, 0.15) is 6.54 Å². The Hall–Kier alpha value is -4.00. The van der Waals surface area contributed by atoms with Crippen LogP contribution in [0.4, 0.5) is 0 Å². The summed E-state index contributed by atoms with van der Waals surface area (Å²) >= 11 is 0. The van der Waals surface area contributed by atoms with Gasteiger partial charge in [-0.05, 0) is 35.4 Å². The maximum Gasteiger partial charge on any atom is 0.326 e. The van der Waals surface area contributed by atoms with Crippen molar-refractivity contribution in [2.75, 3.05) is 6.61 Å². The minimum absolute atomic E-state index is 0.260. The first-order valence-corrected chi connectivity index (χ1v) is 9.90. The van der Waals surface area contributed by atoms with Gasteiger partial charge in [0.05, 0.1) is 23.3 Å². The van der Waals surface area contributed by atoms with Crippen LogP contribution in [0.15, 0.2) is 77.9 Å². The van der Waals surface area contributed by atoms with Crippen LogP contribution in [-0.4, -0.2) is 28.0 Å². The lowest BCUT2D eigenvalue weighted by atomic mass is 10.00. The molecule has 1 heterocycles. The van der Waals surface area contributed by atoms with Gasteiger partial charge in [0.15, 0.2) is 6.61 Å². The Kier molecular flexibility index (Phi) is 5.75. The van der Waals surface area contributed by atoms with Crippen molar-refractivity contribution in [2.45, 2.75) is 19.5 Å². The number of nitrogens with one attached hydrogen (secondary N) is 1. The van der Waals surface area contributed by atoms with Gasteiger partial charge >= 0.3 is 5.97 Å². The predicted molar refractivity (Wildman–Crippen MR) is 117 cm³/mol. The van der Waals surface area contributed by atoms with Gasteiger partial charge in [-0.2, -0.15) is 0 Å². The molecule has 1 atom stereocenters. The molecule has 4 rings (SSSR count). The maximum atomic E-state index is 12.4. The number of hydrogen-bond acceptors (Lipinski definition) is 5. The molecular formula is C24H21N3O4. The predicted octanol–water partition coefficient (Wildman–Crippen LogP) is 2.97. The van der Waals surface area contributed by atoms with Crippen LogP contribution >= 0.6 is 0 Å². The number of esters is 1. The zero-order valence-corrected chi connectivity index (χ0v) is 16.9. The molecule has 31 heavy (non-hydrogen) atoms. The summed E-state index contributed by atoms with van der Waals surface area (Å²) in [5.41, 5.74) is 1.20. The van der Waals surface area contributed by atoms with Crippen molar-refractivity contribution in [3.05, 3.63) is 89.0 Å². The van der Waals surface area contributed by atoms with Crippen LogP contribution in [0.5, 0.6) is 0 Å². The molecule has 0 aliphatic carbocycles. The van der Waals surface area contributed by atoms with Gasteiger partial charge < -0.3 is 10.1 Å². The standard InChI is InChI=1S/C24H21N3O4/c1-16(18-11-6-8-17-7-2-3-9-19(17)18)26-22(28)14-31-23(29)13-27-15-25-21-12-5-4-10-20(21)24(27)30/h2-12,15-16H,13-14H2,1H3,(H,26,28)/t16-/m0/s1. The number of carbonyl (C=O) groups excluding carboxylic acids is 2. The maximum absolute atomic E-state index is 12.4. The van der Waals surface area contributed by atoms with E-state index in [0.717, 1.165) is 16.3 Å². The first kappa shape index (κ1) is 20.3. The number of rotatable bonds is 6. The molecule has 0 saturated carbocycles. The fourth-order valence-corrected chi connectivity index (χ4v) is 3.54. The molecule has 0 spiro atoms. The van der Waals surface area contributed by atoms with E-state index in [1.54, 1.807) is 24.3 Å². The highest BCUT2D eigenvalue weighted by atomic mass is 16.5. The van der Waals surface area contributed by atoms with Crippen LogP contribution in [0, 0.1) is 0 Å². The van der Waals surface area contributed by atoms with E-state index in [1.807, 2.05) is 49.4 Å². The van der Waals surface area contributed by atoms with Crippen molar-refractivity contribution < 1.29 is 14.3 Å². The summed E-state index contributed by atoms with van der Waals surface area (Å²) in [5.74, 6) is -1.11. The summed E-state index contributed by atoms with van der Waals surface area (Å²) in [7, 11) is 0. The monoisotopic (exact) mass is 415 g/mol. The van der Waals surface area contributed by atoms with Crippen molar-refractivity contribution in [3.63, 3.8) is 0 Å². The van der Waals surface area contributed by atoms with Crippen LogP contribution in [-0.2, 0) is 20.9 Å². The molecular weight excluding hydrogens is 394 g/mol. The van der Waals surface area contributed by atoms with Crippen molar-refractivity contribution in [1.29, 1.82) is 0 Å². The number of fused-ring (bicyclic) bond motifs is 2. The fraction of sp³-hybridized carbons (Fsp3) is 0.167. The number of hydrogen-bond donors (Lipinski definition) is 1. The summed E-state index contributed by atoms with van der Waals surface area (Å²) in [4.78, 5) is 41.0. The summed E-state index contributed by atoms with van der Waals surface area (Å²) in [5, 5.41) is 5.40. The fourth-order valence-electron chi connectivity index (χ4n) is 3.54. The molecule has 0 fully saturated rings. The zero-order valence-electron chi connectivity index (χ0n) is 16.9. The molecule has 0 aliphatic heterocycles. The minimum atomic E-state index is -0.688. The van der Waals surface area contributed by atoms with Crippen molar-refractivity contribution in [1.82, 2.24) is 14.9 Å². The van der Waals surface area contributed by atoms with Gasteiger partial charge in [0, 0.05) is 0 Å². The Bertz CT molecular complexity index is 1320. The van der Waals surface area contributed by atoms with E-state index in [-0.39, 0.29) is 18.1 Å². The second kappa shape index (κ2) is 8.79. The highest BCUT2D eigenvalue weighted by Crippen LogP contribution is 2.23. The molecule has 0 radical (unpaired) electrons. The lowest BCUT2D eigenvalue weighted by Crippen LogP contribution is -2.32. The first-order valence-electron chi connectivity index (χ1n) is 9.90. The SMILES string of the molecule is C[C@H](NC(=O)COC(=O)Cn1cnc2ccccc2c1=O)c1cccc2ccccc12. The van der Waals surface area contributed by atoms with E-state index in [0.29, 0.717) is 10.9 Å². The van der Waals surface area contributed by atoms with Crippen LogP contribution in [0.3, 0.4) is 0 Å². The summed E-state index contributed by atoms with van der Waals surface area (Å²) < 4.78 is 6.23. The van der Waals surface area contributed by atoms with E-state index in [9.17, 15) is 14.4 Å². The normalized spacial score (nSPS) is 11.9. The number of para-hydroxylation sites is 1. The molecule has 156 valence electrons. The Morgan fingerprint density at radius 2 is 1.71 bits per heavy atom. The largest absolute Gasteiger partial charge is 0.454 e. The zero-order chi connectivity index (χ0) is 21.8. The molecule has 0 bridgehead atoms. The minimum Gasteiger partial charge on any atom is -0.454 e. The Balaban J connectivity index is 1.36. The van der Waals surface area contributed by atoms with E-state index in [2.05, 4.69) is 10.3 Å². The van der Waals surface area contributed by atoms with E-state index >= 15 is 0 Å². The molecule has 1 N–H and O–H groups in total. The quantitative estimate of drug-likeness (QED) is 0.489. The van der Waals surface area contributed by atoms with Gasteiger partial charge in [-0.1, -0.05) is 54.6 Å². The molecule has 0 unspecified atom stereocenters. The lowest BCUT2D eigenvalue weighted by molar-refractivity contribution is -0.149. The summed E-state index contributed by atoms with van der Waals surface area (Å²) in [6, 6.07) is 20.5. The topological polar surface area (TPSA) is 90.3 Å². The van der Waals surface area contributed by atoms with Crippen LogP contribution < -0.4 is 10.9 Å². The third kappa shape index (κ3) is 4.45. The molecule has 7 heteroatoms. The first-order chi connectivity index (χ1) is 15.0. The Morgan fingerprint density at radius 3 is 2.55 bits per heavy atom. The molecule has 3 aromatic carbocycles. The molecule has 0 saturated heterocycles. The van der Waals surface area contributed by atoms with E-state index in [1.165, 1.54) is 10.9 Å². The van der Waals surface area contributed by atoms with Crippen molar-refractivity contribution >= 4 is 33.6 Å². The third-order valence-electron chi connectivity index (χ3n) is 5.06. The second-order valence-corrected chi connectivity index (χ2v) is 7.21. The molecule has 1 amide bonds. The number of benzene rings is 3. The molecule has 1 aromatic heterocycles. The van der Waals surface area contributed by atoms with Crippen LogP contribution in [0.25, 0.3) is 21.7 Å². The molecule has 4 aromatic rings. The van der Waals surface area contributed by atoms with Crippen molar-refractivity contribution in [2.24, 2.45) is 0 Å². The second-order valence-electron chi connectivity index (χ2n) is 7.21. The van der Waals surface area contributed by atoms with Crippen molar-refractivity contribution in [3.8, 4) is 0 Å². The summed E-state index contributed by atoms with van der Waals surface area (Å²) in [6.07, 6.45) is 1.30. The van der Waals surface area contributed by atoms with Gasteiger partial charge in [0.25, 0.3) is 11.5 Å². The summed E-state index contributed by atoms with van der Waals surface area (Å²) in [6.45, 7) is 1.13. The molecule has 0 aliphatic rings. The molecule has 7 nitrogen and oxygen atoms in total. The average Bonchev–Trinajstić information content (AvgIpc) is 2.79. The van der Waals surface area contributed by atoms with E-state index in [4.69, 9.17) is 4.74 Å². The Morgan fingerprint density at radius 1 is 1.00 bits per heavy atom. The smallest absolute Gasteiger partial charge is 0.326 e. The number of aromatic nitrogens is 2. The van der Waals surface area contributed by atoms with Gasteiger partial charge in [-0.3, -0.25) is 19.0 Å². The average molecular weight is 415 g/mol. The highest BCUT2D eigenvalue weighted by molar-refractivity contribution is 5.87. The van der Waals surface area contributed by atoms with E-state index < -0.39 is 18.5 Å². The number of carbonyl (C=O) groups is 2. The van der Waals surface area contributed by atoms with Crippen LogP contribution in [0.2, 0.25) is 0 Å². The third-order valence-corrected chi connectivity index (χ3v) is 5.06. The van der Waals surface area contributed by atoms with Gasteiger partial charge in [-0.15, -0.1) is 0 Å². The number of nitrogens with zero attached hydrogens (tertiary/aromatic N) is 2. The number of ether oxygens (including phenoxy) is 1. The van der Waals surface area contributed by atoms with Gasteiger partial charge in [-0.25, -0.2) is 4.98 Å². The van der Waals surface area contributed by atoms with Crippen LogP contribution in [0.1, 0.15) is 18.5 Å². The Labute approximate surface area is 178 Å². The number of amides is 1. The van der Waals surface area contributed by atoms with Gasteiger partial charge in [0.2, 0.25) is 0 Å².